The average Bonchev–Trinajstić information content (AvgIpc) is 3.92. The highest BCUT2D eigenvalue weighted by atomic mass is 16.5. The summed E-state index contributed by atoms with van der Waals surface area (Å²) in [6.07, 6.45) is 3.77. The lowest BCUT2D eigenvalue weighted by Gasteiger charge is -2.10. The normalized spacial score (nSPS) is 11.3. The monoisotopic (exact) mass is 771 g/mol. The van der Waals surface area contributed by atoms with Crippen molar-refractivity contribution in [3.8, 4) is 34.6 Å². The van der Waals surface area contributed by atoms with Crippen LogP contribution in [-0.4, -0.2) is 97.0 Å². The Balaban J connectivity index is 0.706. The lowest BCUT2D eigenvalue weighted by atomic mass is 10.1. The number of methoxy groups -OCH3 is 1. The zero-order valence-electron chi connectivity index (χ0n) is 31.8. The first-order valence-electron chi connectivity index (χ1n) is 18.8. The van der Waals surface area contributed by atoms with E-state index in [2.05, 4.69) is 90.0 Å². The SMILES string of the molecule is COc1cc(-c2nc(-c3ccc4cc(OCC(=O)NCCOCCOCCOCCNCc5cccc6c5ccn6Cc5ccccc5)ccc4n3)no2)ccn1. The van der Waals surface area contributed by atoms with Crippen molar-refractivity contribution in [1.29, 1.82) is 0 Å². The molecule has 14 heteroatoms. The number of amides is 1. The van der Waals surface area contributed by atoms with Gasteiger partial charge in [-0.15, -0.1) is 0 Å². The van der Waals surface area contributed by atoms with Gasteiger partial charge in [0.2, 0.25) is 11.7 Å². The van der Waals surface area contributed by atoms with Crippen LogP contribution in [0.4, 0.5) is 0 Å². The van der Waals surface area contributed by atoms with Crippen LogP contribution >= 0.6 is 0 Å². The number of benzene rings is 3. The number of carbonyl (C=O) groups excluding carboxylic acids is 1. The summed E-state index contributed by atoms with van der Waals surface area (Å²) in [6.45, 7) is 5.45. The highest BCUT2D eigenvalue weighted by Gasteiger charge is 2.14. The van der Waals surface area contributed by atoms with E-state index in [4.69, 9.17) is 28.2 Å². The van der Waals surface area contributed by atoms with Gasteiger partial charge in [0.05, 0.1) is 52.3 Å². The first-order chi connectivity index (χ1) is 28.1. The number of hydrogen-bond donors (Lipinski definition) is 2. The fourth-order valence-electron chi connectivity index (χ4n) is 6.15. The molecule has 7 rings (SSSR count). The van der Waals surface area contributed by atoms with E-state index in [1.165, 1.54) is 22.0 Å². The van der Waals surface area contributed by atoms with E-state index in [0.717, 1.165) is 25.0 Å². The molecule has 1 amide bonds. The third-order valence-corrected chi connectivity index (χ3v) is 9.03. The first kappa shape index (κ1) is 39.1. The fourth-order valence-corrected chi connectivity index (χ4v) is 6.15. The van der Waals surface area contributed by atoms with Crippen molar-refractivity contribution in [2.45, 2.75) is 13.1 Å². The summed E-state index contributed by atoms with van der Waals surface area (Å²) in [5.74, 6) is 1.44. The summed E-state index contributed by atoms with van der Waals surface area (Å²) in [5.41, 5.74) is 5.76. The average molecular weight is 772 g/mol. The number of pyridine rings is 2. The number of fused-ring (bicyclic) bond motifs is 2. The third-order valence-electron chi connectivity index (χ3n) is 9.03. The molecular formula is C43H45N7O7. The lowest BCUT2D eigenvalue weighted by molar-refractivity contribution is -0.123. The minimum absolute atomic E-state index is 0.124. The molecule has 2 N–H and O–H groups in total. The molecule has 0 saturated carbocycles. The van der Waals surface area contributed by atoms with Gasteiger partial charge in [-0.05, 0) is 53.6 Å². The molecule has 14 nitrogen and oxygen atoms in total. The number of nitrogens with one attached hydrogen (secondary N) is 2. The molecule has 57 heavy (non-hydrogen) atoms. The summed E-state index contributed by atoms with van der Waals surface area (Å²) in [5, 5.41) is 12.5. The van der Waals surface area contributed by atoms with Gasteiger partial charge >= 0.3 is 0 Å². The minimum atomic E-state index is -0.246. The van der Waals surface area contributed by atoms with Crippen LogP contribution in [0, 0.1) is 0 Å². The summed E-state index contributed by atoms with van der Waals surface area (Å²) >= 11 is 0. The number of hydrogen-bond acceptors (Lipinski definition) is 12. The summed E-state index contributed by atoms with van der Waals surface area (Å²) < 4.78 is 35.5. The maximum absolute atomic E-state index is 12.3. The summed E-state index contributed by atoms with van der Waals surface area (Å²) in [7, 11) is 1.54. The van der Waals surface area contributed by atoms with Crippen molar-refractivity contribution in [2.75, 3.05) is 66.4 Å². The number of ether oxygens (including phenoxy) is 5. The van der Waals surface area contributed by atoms with Gasteiger partial charge in [-0.1, -0.05) is 53.7 Å². The number of carbonyl (C=O) groups is 1. The second-order valence-corrected chi connectivity index (χ2v) is 13.0. The fraction of sp³-hybridized carbons (Fsp3) is 0.279. The van der Waals surface area contributed by atoms with Crippen molar-refractivity contribution in [1.82, 2.24) is 35.3 Å². The Morgan fingerprint density at radius 2 is 1.63 bits per heavy atom. The van der Waals surface area contributed by atoms with Crippen molar-refractivity contribution in [3.05, 3.63) is 121 Å². The van der Waals surface area contributed by atoms with E-state index in [-0.39, 0.29) is 12.5 Å². The van der Waals surface area contributed by atoms with Crippen LogP contribution in [0.1, 0.15) is 11.1 Å². The predicted octanol–water partition coefficient (Wildman–Crippen LogP) is 5.69. The van der Waals surface area contributed by atoms with Crippen LogP contribution in [0.5, 0.6) is 11.6 Å². The molecule has 294 valence electrons. The van der Waals surface area contributed by atoms with E-state index in [9.17, 15) is 4.79 Å². The van der Waals surface area contributed by atoms with Gasteiger partial charge in [0.1, 0.15) is 11.4 Å². The molecule has 0 spiro atoms. The van der Waals surface area contributed by atoms with Crippen LogP contribution in [0.15, 0.2) is 114 Å². The smallest absolute Gasteiger partial charge is 0.258 e. The molecule has 0 aliphatic rings. The van der Waals surface area contributed by atoms with E-state index >= 15 is 0 Å². The van der Waals surface area contributed by atoms with Crippen molar-refractivity contribution in [3.63, 3.8) is 0 Å². The van der Waals surface area contributed by atoms with Crippen molar-refractivity contribution in [2.24, 2.45) is 0 Å². The highest BCUT2D eigenvalue weighted by Crippen LogP contribution is 2.26. The first-order valence-corrected chi connectivity index (χ1v) is 18.8. The lowest BCUT2D eigenvalue weighted by Crippen LogP contribution is -2.31. The number of aromatic nitrogens is 5. The third kappa shape index (κ3) is 11.0. The van der Waals surface area contributed by atoms with Gasteiger partial charge < -0.3 is 43.4 Å². The Labute approximate surface area is 330 Å². The largest absolute Gasteiger partial charge is 0.484 e. The van der Waals surface area contributed by atoms with Crippen molar-refractivity contribution >= 4 is 27.7 Å². The second-order valence-electron chi connectivity index (χ2n) is 13.0. The van der Waals surface area contributed by atoms with Gasteiger partial charge in [-0.2, -0.15) is 4.98 Å². The van der Waals surface area contributed by atoms with Gasteiger partial charge in [-0.3, -0.25) is 4.79 Å². The van der Waals surface area contributed by atoms with Gasteiger partial charge in [0, 0.05) is 66.5 Å². The Kier molecular flexibility index (Phi) is 13.8. The number of rotatable bonds is 22. The standard InChI is InChI=1S/C43H45N7O7/c1-52-41-27-33(14-16-46-41)43-48-42(49-57-43)38-12-10-32-26-35(11-13-37(32)47-38)56-30-40(51)45-18-21-54-23-25-55-24-22-53-20-17-44-28-34-8-5-9-39-36(34)15-19-50(39)29-31-6-3-2-4-7-31/h2-16,19,26-27,44H,17-18,20-25,28-30H2,1H3,(H,45,51). The zero-order chi connectivity index (χ0) is 39.1. The van der Waals surface area contributed by atoms with Crippen LogP contribution in [0.3, 0.4) is 0 Å². The Morgan fingerprint density at radius 3 is 2.47 bits per heavy atom. The molecule has 0 bridgehead atoms. The van der Waals surface area contributed by atoms with E-state index in [1.54, 1.807) is 37.6 Å². The van der Waals surface area contributed by atoms with Gasteiger partial charge in [0.15, 0.2) is 6.61 Å². The molecule has 0 unspecified atom stereocenters. The molecule has 0 aliphatic carbocycles. The maximum Gasteiger partial charge on any atom is 0.258 e. The second kappa shape index (κ2) is 20.1. The van der Waals surface area contributed by atoms with Crippen LogP contribution < -0.4 is 20.1 Å². The minimum Gasteiger partial charge on any atom is -0.484 e. The molecule has 0 aliphatic heterocycles. The van der Waals surface area contributed by atoms with E-state index < -0.39 is 0 Å². The van der Waals surface area contributed by atoms with Crippen LogP contribution in [-0.2, 0) is 32.1 Å². The summed E-state index contributed by atoms with van der Waals surface area (Å²) in [4.78, 5) is 25.5. The summed E-state index contributed by atoms with van der Waals surface area (Å²) in [6, 6.07) is 31.7. The van der Waals surface area contributed by atoms with Crippen LogP contribution in [0.2, 0.25) is 0 Å². The maximum atomic E-state index is 12.3. The molecule has 0 saturated heterocycles. The quantitative estimate of drug-likeness (QED) is 0.0813. The molecule has 0 radical (unpaired) electrons. The van der Waals surface area contributed by atoms with Crippen LogP contribution in [0.25, 0.3) is 44.8 Å². The molecule has 0 atom stereocenters. The predicted molar refractivity (Wildman–Crippen MR) is 215 cm³/mol. The number of nitrogens with zero attached hydrogens (tertiary/aromatic N) is 5. The van der Waals surface area contributed by atoms with E-state index in [1.807, 2.05) is 24.3 Å². The van der Waals surface area contributed by atoms with Gasteiger partial charge in [0.25, 0.3) is 11.8 Å². The van der Waals surface area contributed by atoms with E-state index in [0.29, 0.717) is 86.3 Å². The van der Waals surface area contributed by atoms with Crippen molar-refractivity contribution < 1.29 is 33.0 Å². The Bertz CT molecular complexity index is 2350. The zero-order valence-corrected chi connectivity index (χ0v) is 31.8. The highest BCUT2D eigenvalue weighted by molar-refractivity contribution is 5.84. The molecule has 4 aromatic heterocycles. The molecule has 3 aromatic carbocycles. The molecule has 0 fully saturated rings. The molecular weight excluding hydrogens is 727 g/mol. The Morgan fingerprint density at radius 1 is 0.807 bits per heavy atom. The molecule has 4 heterocycles. The van der Waals surface area contributed by atoms with Gasteiger partial charge in [-0.25, -0.2) is 9.97 Å². The molecule has 7 aromatic rings. The Hall–Kier alpha value is -6.19. The topological polar surface area (TPSA) is 157 Å².